The molecule has 6 saturated carbocycles. The molecule has 0 bridgehead atoms. The highest BCUT2D eigenvalue weighted by atomic mass is 16.6. The van der Waals surface area contributed by atoms with Crippen molar-refractivity contribution in [1.29, 1.82) is 0 Å². The minimum absolute atomic E-state index is 0.0375. The molecule has 70 heavy (non-hydrogen) atoms. The molecule has 6 fully saturated rings. The number of Topliss-reactive ketones (excluding diaryl/α,β-unsaturated/α-hetero) is 2. The fourth-order valence-corrected chi connectivity index (χ4v) is 17.8. The standard InChI is InChI=1S/C60H74O10/c1-31-27-43-55(7,21-25-57(9)41-15-13-35-33(3)49(67)39(61)29-37(35)53(41,5)19-23-59(43,57)11)51(47(31)65)69-45(63)17-18-46(64)70-52-48(66)32(2)28-44-56(52,8)22-26-58(10)42-16-14-36-34(4)50(68)40(62)30-38(36)54(42,6)20-24-60(44,58)12/h13-16,29-32,43-44,51-52,67-68H,17-28H2,1-12H3. The van der Waals surface area contributed by atoms with E-state index in [1.165, 1.54) is 11.1 Å². The van der Waals surface area contributed by atoms with Crippen LogP contribution in [0.1, 0.15) is 160 Å². The van der Waals surface area contributed by atoms with Crippen molar-refractivity contribution in [2.24, 2.45) is 67.0 Å². The molecule has 10 aliphatic carbocycles. The van der Waals surface area contributed by atoms with Gasteiger partial charge in [0.05, 0.1) is 12.8 Å². The molecule has 0 aliphatic heterocycles. The zero-order valence-corrected chi connectivity index (χ0v) is 43.6. The van der Waals surface area contributed by atoms with Crippen LogP contribution in [0.5, 0.6) is 0 Å². The van der Waals surface area contributed by atoms with Gasteiger partial charge in [-0.2, -0.15) is 0 Å². The molecule has 2 N–H and O–H groups in total. The molecule has 374 valence electrons. The van der Waals surface area contributed by atoms with Gasteiger partial charge in [-0.1, -0.05) is 105 Å². The number of allylic oxidation sites excluding steroid dienone is 14. The van der Waals surface area contributed by atoms with Crippen LogP contribution < -0.4 is 0 Å². The van der Waals surface area contributed by atoms with E-state index >= 15 is 0 Å². The minimum Gasteiger partial charge on any atom is -0.504 e. The van der Waals surface area contributed by atoms with Crippen LogP contribution in [0.2, 0.25) is 0 Å². The summed E-state index contributed by atoms with van der Waals surface area (Å²) in [6.45, 7) is 25.6. The highest BCUT2D eigenvalue weighted by Crippen LogP contribution is 2.77. The third-order valence-corrected chi connectivity index (χ3v) is 22.7. The molecule has 0 aromatic heterocycles. The van der Waals surface area contributed by atoms with Gasteiger partial charge in [0.15, 0.2) is 35.3 Å². The molecule has 10 nitrogen and oxygen atoms in total. The van der Waals surface area contributed by atoms with Crippen molar-refractivity contribution in [3.8, 4) is 0 Å². The highest BCUT2D eigenvalue weighted by molar-refractivity contribution is 6.07. The van der Waals surface area contributed by atoms with Crippen molar-refractivity contribution in [2.45, 2.75) is 172 Å². The molecule has 10 rings (SSSR count). The van der Waals surface area contributed by atoms with Gasteiger partial charge in [0.1, 0.15) is 0 Å². The predicted octanol–water partition coefficient (Wildman–Crippen LogP) is 11.7. The van der Waals surface area contributed by atoms with Crippen LogP contribution in [-0.2, 0) is 38.2 Å². The molecule has 10 heteroatoms. The lowest BCUT2D eigenvalue weighted by Crippen LogP contribution is -2.66. The lowest BCUT2D eigenvalue weighted by atomic mass is 9.34. The number of aliphatic hydroxyl groups is 2. The number of hydrogen-bond donors (Lipinski definition) is 2. The third-order valence-electron chi connectivity index (χ3n) is 22.7. The molecule has 0 aromatic rings. The Bertz CT molecular complexity index is 2580. The lowest BCUT2D eigenvalue weighted by Gasteiger charge is -2.69. The zero-order valence-electron chi connectivity index (χ0n) is 43.6. The van der Waals surface area contributed by atoms with Crippen LogP contribution in [0.25, 0.3) is 0 Å². The quantitative estimate of drug-likeness (QED) is 0.254. The number of aliphatic hydroxyl groups excluding tert-OH is 2. The number of carbonyl (C=O) groups excluding carboxylic acids is 6. The van der Waals surface area contributed by atoms with Crippen molar-refractivity contribution in [3.63, 3.8) is 0 Å². The van der Waals surface area contributed by atoms with Gasteiger partial charge >= 0.3 is 11.9 Å². The van der Waals surface area contributed by atoms with Crippen molar-refractivity contribution in [2.75, 3.05) is 0 Å². The molecule has 0 aromatic carbocycles. The van der Waals surface area contributed by atoms with E-state index in [2.05, 4.69) is 79.7 Å². The number of hydrogen-bond acceptors (Lipinski definition) is 10. The van der Waals surface area contributed by atoms with Crippen LogP contribution in [0.3, 0.4) is 0 Å². The maximum atomic E-state index is 14.2. The van der Waals surface area contributed by atoms with Gasteiger partial charge in [-0.25, -0.2) is 0 Å². The Morgan fingerprint density at radius 3 is 1.26 bits per heavy atom. The molecule has 0 spiro atoms. The Morgan fingerprint density at radius 2 is 0.900 bits per heavy atom. The highest BCUT2D eigenvalue weighted by Gasteiger charge is 2.71. The molecule has 0 saturated heterocycles. The SMILES string of the molecule is CC1=C(O)C(=O)C=C2C1=CC=C1C2(C)CCC2(C)C3CC(C)C(=O)C(OC(=O)CCC(=O)OC4C(=O)C(C)CC5C4(C)CCC4(C)C6=CC=C7C(=CC(=O)C(O)=C7C)C6(C)CCC54C)C3(C)CCC12C. The van der Waals surface area contributed by atoms with Crippen LogP contribution in [0.4, 0.5) is 0 Å². The number of fused-ring (bicyclic) bond motifs is 14. The molecule has 14 atom stereocenters. The van der Waals surface area contributed by atoms with Crippen LogP contribution in [-0.4, -0.2) is 57.5 Å². The van der Waals surface area contributed by atoms with Gasteiger partial charge < -0.3 is 19.7 Å². The fraction of sp³-hybridized carbons (Fsp3) is 0.633. The minimum atomic E-state index is -0.973. The first kappa shape index (κ1) is 48.8. The Labute approximate surface area is 413 Å². The molecular weight excluding hydrogens is 881 g/mol. The third kappa shape index (κ3) is 6.09. The summed E-state index contributed by atoms with van der Waals surface area (Å²) in [5, 5.41) is 21.1. The van der Waals surface area contributed by atoms with E-state index in [0.717, 1.165) is 60.8 Å². The number of carbonyl (C=O) groups is 6. The summed E-state index contributed by atoms with van der Waals surface area (Å²) in [6.07, 6.45) is 16.7. The van der Waals surface area contributed by atoms with E-state index < -0.39 is 45.8 Å². The summed E-state index contributed by atoms with van der Waals surface area (Å²) in [5.74, 6) is -3.14. The Balaban J connectivity index is 0.849. The molecule has 0 heterocycles. The van der Waals surface area contributed by atoms with E-state index in [1.54, 1.807) is 26.0 Å². The Morgan fingerprint density at radius 1 is 0.543 bits per heavy atom. The first-order valence-corrected chi connectivity index (χ1v) is 26.2. The largest absolute Gasteiger partial charge is 0.504 e. The number of ether oxygens (including phenoxy) is 2. The number of ketones is 4. The topological polar surface area (TPSA) is 161 Å². The zero-order chi connectivity index (χ0) is 50.8. The maximum absolute atomic E-state index is 14.2. The molecule has 10 aliphatic rings. The normalized spacial score (nSPS) is 45.0. The Kier molecular flexibility index (Phi) is 10.7. The molecule has 0 amide bonds. The monoisotopic (exact) mass is 955 g/mol. The summed E-state index contributed by atoms with van der Waals surface area (Å²) in [5.41, 5.74) is 4.33. The van der Waals surface area contributed by atoms with E-state index in [-0.39, 0.29) is 92.8 Å². The first-order chi connectivity index (χ1) is 32.6. The first-order valence-electron chi connectivity index (χ1n) is 26.2. The Hall–Kier alpha value is -4.86. The van der Waals surface area contributed by atoms with Crippen molar-refractivity contribution >= 4 is 35.1 Å². The summed E-state index contributed by atoms with van der Waals surface area (Å²) in [7, 11) is 0. The van der Waals surface area contributed by atoms with Crippen molar-refractivity contribution < 1.29 is 48.5 Å². The maximum Gasteiger partial charge on any atom is 0.307 e. The van der Waals surface area contributed by atoms with Gasteiger partial charge in [-0.3, -0.25) is 28.8 Å². The summed E-state index contributed by atoms with van der Waals surface area (Å²) in [4.78, 5) is 82.5. The molecule has 14 unspecified atom stereocenters. The van der Waals surface area contributed by atoms with Crippen LogP contribution in [0.15, 0.2) is 92.6 Å². The van der Waals surface area contributed by atoms with Crippen LogP contribution >= 0.6 is 0 Å². The van der Waals surface area contributed by atoms with Gasteiger partial charge in [0.2, 0.25) is 11.6 Å². The fourth-order valence-electron chi connectivity index (χ4n) is 17.8. The van der Waals surface area contributed by atoms with Gasteiger partial charge in [-0.05, 0) is 146 Å². The van der Waals surface area contributed by atoms with Gasteiger partial charge in [0, 0.05) is 44.6 Å². The second kappa shape index (κ2) is 15.3. The van der Waals surface area contributed by atoms with Crippen molar-refractivity contribution in [3.05, 3.63) is 92.6 Å². The molecular formula is C60H74O10. The van der Waals surface area contributed by atoms with E-state index in [9.17, 15) is 39.0 Å². The van der Waals surface area contributed by atoms with Gasteiger partial charge in [0.25, 0.3) is 0 Å². The molecule has 0 radical (unpaired) electrons. The van der Waals surface area contributed by atoms with Crippen molar-refractivity contribution in [1.82, 2.24) is 0 Å². The summed E-state index contributed by atoms with van der Waals surface area (Å²) in [6, 6.07) is 0. The second-order valence-electron chi connectivity index (χ2n) is 25.7. The average Bonchev–Trinajstić information content (AvgIpc) is 3.31. The van der Waals surface area contributed by atoms with Crippen LogP contribution in [0, 0.1) is 67.0 Å². The number of rotatable bonds is 5. The second-order valence-corrected chi connectivity index (χ2v) is 25.7. The van der Waals surface area contributed by atoms with Gasteiger partial charge in [-0.15, -0.1) is 0 Å². The smallest absolute Gasteiger partial charge is 0.307 e. The predicted molar refractivity (Wildman–Crippen MR) is 265 cm³/mol. The summed E-state index contributed by atoms with van der Waals surface area (Å²) < 4.78 is 12.6. The van der Waals surface area contributed by atoms with E-state index in [4.69, 9.17) is 9.47 Å². The number of esters is 2. The lowest BCUT2D eigenvalue weighted by molar-refractivity contribution is -0.207. The van der Waals surface area contributed by atoms with E-state index in [1.807, 2.05) is 13.8 Å². The average molecular weight is 955 g/mol. The summed E-state index contributed by atoms with van der Waals surface area (Å²) >= 11 is 0. The van der Waals surface area contributed by atoms with E-state index in [0.29, 0.717) is 36.8 Å².